The fourth-order valence-electron chi connectivity index (χ4n) is 1.98. The van der Waals surface area contributed by atoms with Crippen LogP contribution < -0.4 is 0 Å². The van der Waals surface area contributed by atoms with E-state index in [2.05, 4.69) is 4.90 Å². The first-order chi connectivity index (χ1) is 7.72. The third-order valence-corrected chi connectivity index (χ3v) is 4.25. The Morgan fingerprint density at radius 3 is 2.62 bits per heavy atom. The molecule has 2 saturated heterocycles. The molecule has 88 valence electrons. The zero-order valence-corrected chi connectivity index (χ0v) is 11.1. The van der Waals surface area contributed by atoms with E-state index in [1.54, 1.807) is 4.90 Å². The van der Waals surface area contributed by atoms with E-state index in [1.165, 1.54) is 31.0 Å². The topological polar surface area (TPSA) is 23.6 Å². The van der Waals surface area contributed by atoms with Crippen LogP contribution in [0.4, 0.5) is 0 Å². The summed E-state index contributed by atoms with van der Waals surface area (Å²) in [5, 5.41) is 0. The van der Waals surface area contributed by atoms with Crippen molar-refractivity contribution >= 4 is 34.2 Å². The van der Waals surface area contributed by atoms with Gasteiger partial charge in [0, 0.05) is 25.8 Å². The SMILES string of the molecule is CCN1C(=O)/C(=C/N2CCCCC2)SC1=S. The second-order valence-corrected chi connectivity index (χ2v) is 5.68. The molecule has 16 heavy (non-hydrogen) atoms. The van der Waals surface area contributed by atoms with E-state index in [4.69, 9.17) is 12.2 Å². The van der Waals surface area contributed by atoms with Crippen LogP contribution in [0.1, 0.15) is 26.2 Å². The number of hydrogen-bond donors (Lipinski definition) is 0. The van der Waals surface area contributed by atoms with Crippen LogP contribution in [0.2, 0.25) is 0 Å². The summed E-state index contributed by atoms with van der Waals surface area (Å²) < 4.78 is 0.691. The van der Waals surface area contributed by atoms with Crippen LogP contribution in [-0.2, 0) is 4.79 Å². The first-order valence-corrected chi connectivity index (χ1v) is 6.94. The summed E-state index contributed by atoms with van der Waals surface area (Å²) in [6.07, 6.45) is 5.75. The van der Waals surface area contributed by atoms with Gasteiger partial charge in [-0.3, -0.25) is 9.69 Å². The first-order valence-electron chi connectivity index (χ1n) is 5.72. The van der Waals surface area contributed by atoms with Crippen LogP contribution in [0.5, 0.6) is 0 Å². The Morgan fingerprint density at radius 1 is 1.38 bits per heavy atom. The van der Waals surface area contributed by atoms with Crippen molar-refractivity contribution < 1.29 is 4.79 Å². The highest BCUT2D eigenvalue weighted by Crippen LogP contribution is 2.31. The van der Waals surface area contributed by atoms with Gasteiger partial charge >= 0.3 is 0 Å². The summed E-state index contributed by atoms with van der Waals surface area (Å²) in [4.78, 5) is 16.6. The molecule has 0 aromatic carbocycles. The Balaban J connectivity index is 2.07. The summed E-state index contributed by atoms with van der Waals surface area (Å²) in [5.41, 5.74) is 0. The molecule has 5 heteroatoms. The van der Waals surface area contributed by atoms with Crippen molar-refractivity contribution in [2.24, 2.45) is 0 Å². The first kappa shape index (κ1) is 11.9. The van der Waals surface area contributed by atoms with Crippen LogP contribution in [-0.4, -0.2) is 39.7 Å². The lowest BCUT2D eigenvalue weighted by Gasteiger charge is -2.25. The van der Waals surface area contributed by atoms with Crippen molar-refractivity contribution in [3.63, 3.8) is 0 Å². The molecule has 0 bridgehead atoms. The Kier molecular flexibility index (Phi) is 3.86. The van der Waals surface area contributed by atoms with E-state index in [9.17, 15) is 4.79 Å². The van der Waals surface area contributed by atoms with E-state index < -0.39 is 0 Å². The predicted molar refractivity (Wildman–Crippen MR) is 71.1 cm³/mol. The quantitative estimate of drug-likeness (QED) is 0.558. The van der Waals surface area contributed by atoms with Crippen molar-refractivity contribution in [2.45, 2.75) is 26.2 Å². The van der Waals surface area contributed by atoms with Gasteiger partial charge in [0.2, 0.25) is 0 Å². The molecular formula is C11H16N2OS2. The minimum absolute atomic E-state index is 0.0723. The van der Waals surface area contributed by atoms with Gasteiger partial charge in [-0.25, -0.2) is 0 Å². The van der Waals surface area contributed by atoms with Gasteiger partial charge < -0.3 is 4.90 Å². The van der Waals surface area contributed by atoms with Gasteiger partial charge in [-0.2, -0.15) is 0 Å². The molecule has 2 heterocycles. The smallest absolute Gasteiger partial charge is 0.267 e. The summed E-state index contributed by atoms with van der Waals surface area (Å²) in [6.45, 7) is 4.75. The molecule has 0 N–H and O–H groups in total. The lowest BCUT2D eigenvalue weighted by atomic mass is 10.1. The van der Waals surface area contributed by atoms with E-state index in [0.717, 1.165) is 18.0 Å². The maximum absolute atomic E-state index is 11.9. The summed E-state index contributed by atoms with van der Waals surface area (Å²) >= 11 is 6.60. The number of hydrogen-bond acceptors (Lipinski definition) is 4. The second kappa shape index (κ2) is 5.19. The van der Waals surface area contributed by atoms with Crippen molar-refractivity contribution in [1.82, 2.24) is 9.80 Å². The molecule has 0 aromatic rings. The highest BCUT2D eigenvalue weighted by atomic mass is 32.2. The van der Waals surface area contributed by atoms with Gasteiger partial charge in [0.25, 0.3) is 5.91 Å². The van der Waals surface area contributed by atoms with Gasteiger partial charge in [-0.1, -0.05) is 24.0 Å². The molecule has 0 unspecified atom stereocenters. The molecule has 0 aliphatic carbocycles. The Bertz CT molecular complexity index is 335. The van der Waals surface area contributed by atoms with Crippen LogP contribution in [0.25, 0.3) is 0 Å². The average molecular weight is 256 g/mol. The zero-order valence-electron chi connectivity index (χ0n) is 9.44. The Labute approximate surface area is 106 Å². The van der Waals surface area contributed by atoms with Crippen molar-refractivity contribution in [3.05, 3.63) is 11.1 Å². The molecule has 0 aromatic heterocycles. The lowest BCUT2D eigenvalue weighted by molar-refractivity contribution is -0.122. The standard InChI is InChI=1S/C11H16N2OS2/c1-2-13-10(14)9(16-11(13)15)8-12-6-4-3-5-7-12/h8H,2-7H2,1H3/b9-8-. The molecule has 0 spiro atoms. The molecule has 0 radical (unpaired) electrons. The molecule has 1 amide bonds. The van der Waals surface area contributed by atoms with Gasteiger partial charge in [0.1, 0.15) is 4.32 Å². The third kappa shape index (κ3) is 2.40. The second-order valence-electron chi connectivity index (χ2n) is 4.01. The lowest BCUT2D eigenvalue weighted by Crippen LogP contribution is -2.29. The number of rotatable bonds is 2. The highest BCUT2D eigenvalue weighted by Gasteiger charge is 2.31. The summed E-state index contributed by atoms with van der Waals surface area (Å²) in [6, 6.07) is 0. The van der Waals surface area contributed by atoms with Crippen LogP contribution in [0.3, 0.4) is 0 Å². The van der Waals surface area contributed by atoms with E-state index >= 15 is 0 Å². The zero-order chi connectivity index (χ0) is 11.5. The molecule has 0 atom stereocenters. The maximum atomic E-state index is 11.9. The number of piperidine rings is 1. The van der Waals surface area contributed by atoms with Crippen molar-refractivity contribution in [2.75, 3.05) is 19.6 Å². The molecule has 3 nitrogen and oxygen atoms in total. The van der Waals surface area contributed by atoms with Crippen LogP contribution in [0, 0.1) is 0 Å². The van der Waals surface area contributed by atoms with E-state index in [1.807, 2.05) is 13.1 Å². The molecule has 2 fully saturated rings. The Hall–Kier alpha value is -0.550. The van der Waals surface area contributed by atoms with Crippen LogP contribution >= 0.6 is 24.0 Å². The number of likely N-dealkylation sites (tertiary alicyclic amines) is 1. The van der Waals surface area contributed by atoms with Crippen molar-refractivity contribution in [1.29, 1.82) is 0 Å². The molecule has 2 aliphatic heterocycles. The van der Waals surface area contributed by atoms with Gasteiger partial charge in [-0.15, -0.1) is 0 Å². The number of carbonyl (C=O) groups excluding carboxylic acids is 1. The fourth-order valence-corrected chi connectivity index (χ4v) is 3.37. The molecular weight excluding hydrogens is 240 g/mol. The predicted octanol–water partition coefficient (Wildman–Crippen LogP) is 2.19. The number of thiocarbonyl (C=S) groups is 1. The molecule has 2 rings (SSSR count). The Morgan fingerprint density at radius 2 is 2.06 bits per heavy atom. The fraction of sp³-hybridized carbons (Fsp3) is 0.636. The minimum atomic E-state index is 0.0723. The highest BCUT2D eigenvalue weighted by molar-refractivity contribution is 8.26. The summed E-state index contributed by atoms with van der Waals surface area (Å²) in [7, 11) is 0. The van der Waals surface area contributed by atoms with Crippen LogP contribution in [0.15, 0.2) is 11.1 Å². The monoisotopic (exact) mass is 256 g/mol. The maximum Gasteiger partial charge on any atom is 0.267 e. The summed E-state index contributed by atoms with van der Waals surface area (Å²) in [5.74, 6) is 0.0723. The normalized spacial score (nSPS) is 24.7. The number of likely N-dealkylation sites (N-methyl/N-ethyl adjacent to an activating group) is 1. The van der Waals surface area contributed by atoms with E-state index in [-0.39, 0.29) is 5.91 Å². The molecule has 0 saturated carbocycles. The number of amides is 1. The van der Waals surface area contributed by atoms with E-state index in [0.29, 0.717) is 10.9 Å². The minimum Gasteiger partial charge on any atom is -0.376 e. The van der Waals surface area contributed by atoms with Gasteiger partial charge in [0.05, 0.1) is 4.91 Å². The third-order valence-electron chi connectivity index (χ3n) is 2.88. The number of carbonyl (C=O) groups is 1. The number of thioether (sulfide) groups is 1. The molecule has 2 aliphatic rings. The van der Waals surface area contributed by atoms with Crippen molar-refractivity contribution in [3.8, 4) is 0 Å². The number of nitrogens with zero attached hydrogens (tertiary/aromatic N) is 2. The van der Waals surface area contributed by atoms with Gasteiger partial charge in [-0.05, 0) is 26.2 Å². The van der Waals surface area contributed by atoms with Gasteiger partial charge in [0.15, 0.2) is 0 Å². The largest absolute Gasteiger partial charge is 0.376 e. The average Bonchev–Trinajstić information content (AvgIpc) is 2.55.